The lowest BCUT2D eigenvalue weighted by Gasteiger charge is -1.82. The first kappa shape index (κ1) is 21.0. The molecule has 0 fully saturated rings. The molecule has 3 aromatic rings. The molecule has 2 nitrogen and oxygen atoms in total. The van der Waals surface area contributed by atoms with Crippen molar-refractivity contribution in [1.29, 1.82) is 5.41 Å². The van der Waals surface area contributed by atoms with Crippen LogP contribution < -0.4 is 0 Å². The topological polar surface area (TPSA) is 40.9 Å². The van der Waals surface area contributed by atoms with Gasteiger partial charge in [-0.25, -0.2) is 10.2 Å². The first-order valence-electron chi connectivity index (χ1n) is 7.69. The standard InChI is InChI=1S/3C7H8.CHNO/c3*1-7-5-3-2-4-6-7;2-1-3/h3*2-6H,1H3;2H. The minimum absolute atomic E-state index is 0.750. The van der Waals surface area contributed by atoms with Crippen molar-refractivity contribution < 1.29 is 4.79 Å². The zero-order valence-corrected chi connectivity index (χ0v) is 14.6. The largest absolute Gasteiger partial charge is 0.231 e. The number of carbonyl (C=O) groups excluding carboxylic acids is 1. The van der Waals surface area contributed by atoms with Crippen LogP contribution in [-0.4, -0.2) is 6.08 Å². The molecule has 3 rings (SSSR count). The lowest BCUT2D eigenvalue weighted by atomic mass is 10.2. The Morgan fingerprint density at radius 1 is 0.542 bits per heavy atom. The molecule has 0 unspecified atom stereocenters. The highest BCUT2D eigenvalue weighted by Crippen LogP contribution is 1.93. The van der Waals surface area contributed by atoms with Gasteiger partial charge in [0.25, 0.3) is 0 Å². The van der Waals surface area contributed by atoms with Crippen molar-refractivity contribution in [3.63, 3.8) is 0 Å². The van der Waals surface area contributed by atoms with Gasteiger partial charge in [-0.1, -0.05) is 108 Å². The first-order valence-corrected chi connectivity index (χ1v) is 7.69. The molecule has 124 valence electrons. The third kappa shape index (κ3) is 14.0. The zero-order chi connectivity index (χ0) is 18.0. The Hall–Kier alpha value is -2.96. The van der Waals surface area contributed by atoms with Gasteiger partial charge in [-0.3, -0.25) is 0 Å². The molecular weight excluding hydrogens is 294 g/mol. The molecule has 3 aromatic carbocycles. The molecular formula is C22H25NO. The average molecular weight is 319 g/mol. The summed E-state index contributed by atoms with van der Waals surface area (Å²) in [6.45, 7) is 6.25. The van der Waals surface area contributed by atoms with E-state index in [-0.39, 0.29) is 0 Å². The van der Waals surface area contributed by atoms with Crippen molar-refractivity contribution in [3.05, 3.63) is 108 Å². The molecule has 0 aliphatic carbocycles. The molecule has 0 bridgehead atoms. The van der Waals surface area contributed by atoms with E-state index in [0.29, 0.717) is 0 Å². The maximum Gasteiger partial charge on any atom is 0.231 e. The maximum absolute atomic E-state index is 8.35. The van der Waals surface area contributed by atoms with E-state index in [1.807, 2.05) is 54.6 Å². The SMILES string of the molecule is Cc1ccccc1.Cc1ccccc1.Cc1ccccc1.N=C=O. The molecule has 0 aliphatic rings. The lowest BCUT2D eigenvalue weighted by molar-refractivity contribution is 0.563. The molecule has 0 radical (unpaired) electrons. The van der Waals surface area contributed by atoms with Crippen LogP contribution in [0.1, 0.15) is 16.7 Å². The minimum Gasteiger partial charge on any atom is -0.222 e. The molecule has 24 heavy (non-hydrogen) atoms. The van der Waals surface area contributed by atoms with Gasteiger partial charge in [-0.15, -0.1) is 0 Å². The van der Waals surface area contributed by atoms with Gasteiger partial charge in [-0.05, 0) is 20.8 Å². The first-order chi connectivity index (χ1) is 11.6. The van der Waals surface area contributed by atoms with Crippen LogP contribution in [0.25, 0.3) is 0 Å². The van der Waals surface area contributed by atoms with Gasteiger partial charge in [0.15, 0.2) is 0 Å². The Morgan fingerprint density at radius 3 is 0.792 bits per heavy atom. The summed E-state index contributed by atoms with van der Waals surface area (Å²) in [5.74, 6) is 0. The van der Waals surface area contributed by atoms with E-state index in [4.69, 9.17) is 10.2 Å². The molecule has 0 heterocycles. The van der Waals surface area contributed by atoms with Gasteiger partial charge >= 0.3 is 0 Å². The summed E-state index contributed by atoms with van der Waals surface area (Å²) < 4.78 is 0. The highest BCUT2D eigenvalue weighted by atomic mass is 16.1. The second-order valence-electron chi connectivity index (χ2n) is 5.07. The van der Waals surface area contributed by atoms with E-state index in [0.717, 1.165) is 6.08 Å². The molecule has 0 atom stereocenters. The average Bonchev–Trinajstić information content (AvgIpc) is 2.59. The normalized spacial score (nSPS) is 7.96. The van der Waals surface area contributed by atoms with Crippen molar-refractivity contribution in [2.24, 2.45) is 0 Å². The van der Waals surface area contributed by atoms with E-state index < -0.39 is 0 Å². The van der Waals surface area contributed by atoms with E-state index >= 15 is 0 Å². The van der Waals surface area contributed by atoms with Gasteiger partial charge in [0.2, 0.25) is 6.08 Å². The molecule has 1 N–H and O–H groups in total. The summed E-state index contributed by atoms with van der Waals surface area (Å²) in [5, 5.41) is 5.40. The van der Waals surface area contributed by atoms with E-state index in [2.05, 4.69) is 57.2 Å². The van der Waals surface area contributed by atoms with E-state index in [9.17, 15) is 0 Å². The van der Waals surface area contributed by atoms with Crippen LogP contribution in [0.5, 0.6) is 0 Å². The number of hydrogen-bond donors (Lipinski definition) is 1. The Bertz CT molecular complexity index is 569. The Labute approximate surface area is 145 Å². The number of aryl methyl sites for hydroxylation is 3. The predicted octanol–water partition coefficient (Wildman–Crippen LogP) is 5.89. The summed E-state index contributed by atoms with van der Waals surface area (Å²) >= 11 is 0. The third-order valence-electron chi connectivity index (χ3n) is 2.82. The van der Waals surface area contributed by atoms with E-state index in [1.54, 1.807) is 0 Å². The van der Waals surface area contributed by atoms with Crippen molar-refractivity contribution in [2.45, 2.75) is 20.8 Å². The Morgan fingerprint density at radius 2 is 0.708 bits per heavy atom. The van der Waals surface area contributed by atoms with Gasteiger partial charge in [0.1, 0.15) is 0 Å². The number of nitrogens with one attached hydrogen (secondary N) is 1. The highest BCUT2D eigenvalue weighted by Gasteiger charge is 1.73. The maximum atomic E-state index is 8.35. The highest BCUT2D eigenvalue weighted by molar-refractivity contribution is 5.26. The van der Waals surface area contributed by atoms with Crippen LogP contribution in [0.2, 0.25) is 0 Å². The fourth-order valence-electron chi connectivity index (χ4n) is 1.60. The summed E-state index contributed by atoms with van der Waals surface area (Å²) in [6, 6.07) is 30.8. The monoisotopic (exact) mass is 319 g/mol. The fraction of sp³-hybridized carbons (Fsp3) is 0.136. The molecule has 0 saturated heterocycles. The van der Waals surface area contributed by atoms with Crippen LogP contribution in [-0.2, 0) is 4.79 Å². The predicted molar refractivity (Wildman–Crippen MR) is 102 cm³/mol. The van der Waals surface area contributed by atoms with Crippen LogP contribution >= 0.6 is 0 Å². The summed E-state index contributed by atoms with van der Waals surface area (Å²) in [5.41, 5.74) is 3.97. The zero-order valence-electron chi connectivity index (χ0n) is 14.6. The Kier molecular flexibility index (Phi) is 13.1. The second-order valence-corrected chi connectivity index (χ2v) is 5.07. The molecule has 2 heteroatoms. The van der Waals surface area contributed by atoms with Crippen molar-refractivity contribution in [3.8, 4) is 0 Å². The molecule has 0 spiro atoms. The number of benzene rings is 3. The summed E-state index contributed by atoms with van der Waals surface area (Å²) in [7, 11) is 0. The lowest BCUT2D eigenvalue weighted by Crippen LogP contribution is -1.62. The van der Waals surface area contributed by atoms with E-state index in [1.165, 1.54) is 16.7 Å². The molecule has 0 aliphatic heterocycles. The minimum atomic E-state index is 0.750. The van der Waals surface area contributed by atoms with Gasteiger partial charge in [-0.2, -0.15) is 0 Å². The number of isocyanates is 1. The third-order valence-corrected chi connectivity index (χ3v) is 2.82. The van der Waals surface area contributed by atoms with Gasteiger partial charge in [0, 0.05) is 0 Å². The van der Waals surface area contributed by atoms with Crippen LogP contribution in [0, 0.1) is 26.2 Å². The Balaban J connectivity index is 0.000000306. The number of hydrogen-bond acceptors (Lipinski definition) is 2. The van der Waals surface area contributed by atoms with Crippen molar-refractivity contribution >= 4 is 6.08 Å². The fourth-order valence-corrected chi connectivity index (χ4v) is 1.60. The van der Waals surface area contributed by atoms with Gasteiger partial charge < -0.3 is 0 Å². The van der Waals surface area contributed by atoms with Gasteiger partial charge in [0.05, 0.1) is 0 Å². The second kappa shape index (κ2) is 15.0. The van der Waals surface area contributed by atoms with Crippen molar-refractivity contribution in [1.82, 2.24) is 0 Å². The summed E-state index contributed by atoms with van der Waals surface area (Å²) in [4.78, 5) is 8.35. The molecule has 0 saturated carbocycles. The van der Waals surface area contributed by atoms with Crippen LogP contribution in [0.4, 0.5) is 0 Å². The smallest absolute Gasteiger partial charge is 0.222 e. The van der Waals surface area contributed by atoms with Crippen LogP contribution in [0.15, 0.2) is 91.0 Å². The molecule has 0 amide bonds. The number of rotatable bonds is 0. The summed E-state index contributed by atoms with van der Waals surface area (Å²) in [6.07, 6.45) is 0.750. The molecule has 0 aromatic heterocycles. The van der Waals surface area contributed by atoms with Crippen molar-refractivity contribution in [2.75, 3.05) is 0 Å². The van der Waals surface area contributed by atoms with Crippen LogP contribution in [0.3, 0.4) is 0 Å². The quantitative estimate of drug-likeness (QED) is 0.407.